The third-order valence-corrected chi connectivity index (χ3v) is 3.20. The number of rotatable bonds is 1. The smallest absolute Gasteiger partial charge is 0.126 e. The molecule has 0 saturated carbocycles. The lowest BCUT2D eigenvalue weighted by Gasteiger charge is -2.27. The number of para-hydroxylation sites is 1. The largest absolute Gasteiger partial charge is 0.329 e. The van der Waals surface area contributed by atoms with E-state index in [0.717, 1.165) is 28.3 Å². The first-order chi connectivity index (χ1) is 8.77. The van der Waals surface area contributed by atoms with Gasteiger partial charge in [0.25, 0.3) is 0 Å². The number of nitrogens with zero attached hydrogens (tertiary/aromatic N) is 2. The predicted octanol–water partition coefficient (Wildman–Crippen LogP) is 3.45. The van der Waals surface area contributed by atoms with Gasteiger partial charge in [0.05, 0.1) is 11.4 Å². The number of aliphatic imine (C=N–C) groups is 1. The molecule has 1 aliphatic heterocycles. The van der Waals surface area contributed by atoms with Crippen LogP contribution in [0.5, 0.6) is 0 Å². The van der Waals surface area contributed by atoms with Gasteiger partial charge >= 0.3 is 0 Å². The number of fused-ring (bicyclic) bond motifs is 1. The van der Waals surface area contributed by atoms with Crippen LogP contribution in [0.2, 0.25) is 0 Å². The van der Waals surface area contributed by atoms with Crippen LogP contribution in [0.25, 0.3) is 0 Å². The van der Waals surface area contributed by atoms with Gasteiger partial charge in [0, 0.05) is 18.2 Å². The van der Waals surface area contributed by atoms with Crippen molar-refractivity contribution in [3.8, 4) is 0 Å². The van der Waals surface area contributed by atoms with Crippen LogP contribution < -0.4 is 4.90 Å². The SMILES string of the molecule is C=C1N=C(c2ccccc2)c2ccccc2N1C. The maximum Gasteiger partial charge on any atom is 0.126 e. The molecule has 0 radical (unpaired) electrons. The minimum absolute atomic E-state index is 0.771. The highest BCUT2D eigenvalue weighted by molar-refractivity contribution is 6.17. The maximum absolute atomic E-state index is 4.62. The molecular weight excluding hydrogens is 220 g/mol. The molecule has 88 valence electrons. The van der Waals surface area contributed by atoms with Crippen molar-refractivity contribution in [3.05, 3.63) is 78.1 Å². The fourth-order valence-electron chi connectivity index (χ4n) is 2.19. The van der Waals surface area contributed by atoms with E-state index in [0.29, 0.717) is 0 Å². The Morgan fingerprint density at radius 1 is 0.944 bits per heavy atom. The highest BCUT2D eigenvalue weighted by Crippen LogP contribution is 2.30. The summed E-state index contributed by atoms with van der Waals surface area (Å²) in [6.07, 6.45) is 0. The van der Waals surface area contributed by atoms with E-state index in [1.165, 1.54) is 0 Å². The average Bonchev–Trinajstić information content (AvgIpc) is 2.44. The molecule has 0 bridgehead atoms. The summed E-state index contributed by atoms with van der Waals surface area (Å²) in [5.41, 5.74) is 4.42. The predicted molar refractivity (Wildman–Crippen MR) is 76.1 cm³/mol. The molecule has 0 unspecified atom stereocenters. The van der Waals surface area contributed by atoms with E-state index < -0.39 is 0 Å². The van der Waals surface area contributed by atoms with Gasteiger partial charge in [-0.15, -0.1) is 0 Å². The maximum atomic E-state index is 4.62. The molecule has 2 nitrogen and oxygen atoms in total. The van der Waals surface area contributed by atoms with Gasteiger partial charge in [-0.3, -0.25) is 0 Å². The first kappa shape index (κ1) is 10.8. The van der Waals surface area contributed by atoms with E-state index in [1.807, 2.05) is 42.3 Å². The minimum atomic E-state index is 0.771. The zero-order chi connectivity index (χ0) is 12.5. The summed E-state index contributed by atoms with van der Waals surface area (Å²) in [5.74, 6) is 0.771. The second-order valence-electron chi connectivity index (χ2n) is 4.32. The third kappa shape index (κ3) is 1.63. The molecule has 0 aliphatic carbocycles. The van der Waals surface area contributed by atoms with Crippen LogP contribution >= 0.6 is 0 Å². The van der Waals surface area contributed by atoms with Gasteiger partial charge in [-0.05, 0) is 6.07 Å². The third-order valence-electron chi connectivity index (χ3n) is 3.20. The molecule has 3 rings (SSSR count). The number of hydrogen-bond acceptors (Lipinski definition) is 2. The fraction of sp³-hybridized carbons (Fsp3) is 0.0625. The second kappa shape index (κ2) is 4.15. The average molecular weight is 234 g/mol. The molecule has 0 saturated heterocycles. The van der Waals surface area contributed by atoms with Crippen molar-refractivity contribution >= 4 is 11.4 Å². The molecule has 2 aromatic rings. The van der Waals surface area contributed by atoms with E-state index in [1.54, 1.807) is 0 Å². The lowest BCUT2D eigenvalue weighted by atomic mass is 9.99. The minimum Gasteiger partial charge on any atom is -0.329 e. The summed E-state index contributed by atoms with van der Waals surface area (Å²) in [4.78, 5) is 6.64. The van der Waals surface area contributed by atoms with Crippen molar-refractivity contribution in [2.24, 2.45) is 4.99 Å². The van der Waals surface area contributed by atoms with Crippen molar-refractivity contribution < 1.29 is 0 Å². The lowest BCUT2D eigenvalue weighted by molar-refractivity contribution is 1.05. The van der Waals surface area contributed by atoms with Crippen molar-refractivity contribution in [3.63, 3.8) is 0 Å². The lowest BCUT2D eigenvalue weighted by Crippen LogP contribution is -2.23. The van der Waals surface area contributed by atoms with Crippen molar-refractivity contribution in [2.45, 2.75) is 0 Å². The molecule has 1 aliphatic rings. The number of anilines is 1. The monoisotopic (exact) mass is 234 g/mol. The quantitative estimate of drug-likeness (QED) is 0.738. The van der Waals surface area contributed by atoms with Crippen molar-refractivity contribution in [1.29, 1.82) is 0 Å². The molecule has 0 fully saturated rings. The molecule has 0 N–H and O–H groups in total. The van der Waals surface area contributed by atoms with E-state index in [2.05, 4.69) is 35.8 Å². The zero-order valence-electron chi connectivity index (χ0n) is 10.3. The Labute approximate surface area is 107 Å². The normalized spacial score (nSPS) is 14.2. The van der Waals surface area contributed by atoms with Crippen LogP contribution in [0.4, 0.5) is 5.69 Å². The molecule has 2 heteroatoms. The Kier molecular flexibility index (Phi) is 2.49. The summed E-state index contributed by atoms with van der Waals surface area (Å²) < 4.78 is 0. The summed E-state index contributed by atoms with van der Waals surface area (Å²) in [6, 6.07) is 18.5. The van der Waals surface area contributed by atoms with Gasteiger partial charge in [0.1, 0.15) is 5.82 Å². The van der Waals surface area contributed by atoms with Crippen LogP contribution in [0.1, 0.15) is 11.1 Å². The van der Waals surface area contributed by atoms with E-state index in [-0.39, 0.29) is 0 Å². The topological polar surface area (TPSA) is 15.6 Å². The van der Waals surface area contributed by atoms with Crippen LogP contribution in [0.15, 0.2) is 72.0 Å². The van der Waals surface area contributed by atoms with Crippen LogP contribution in [0.3, 0.4) is 0 Å². The Morgan fingerprint density at radius 2 is 1.61 bits per heavy atom. The molecule has 2 aromatic carbocycles. The molecule has 0 atom stereocenters. The van der Waals surface area contributed by atoms with Crippen LogP contribution in [0, 0.1) is 0 Å². The number of benzene rings is 2. The van der Waals surface area contributed by atoms with E-state index in [9.17, 15) is 0 Å². The van der Waals surface area contributed by atoms with Gasteiger partial charge in [-0.2, -0.15) is 0 Å². The first-order valence-electron chi connectivity index (χ1n) is 5.93. The molecular formula is C16H14N2. The van der Waals surface area contributed by atoms with Crippen LogP contribution in [-0.2, 0) is 0 Å². The molecule has 0 amide bonds. The standard InChI is InChI=1S/C16H14N2/c1-12-17-16(13-8-4-3-5-9-13)14-10-6-7-11-15(14)18(12)2/h3-11H,1H2,2H3. The summed E-state index contributed by atoms with van der Waals surface area (Å²) in [7, 11) is 1.99. The Balaban J connectivity index is 2.21. The van der Waals surface area contributed by atoms with E-state index in [4.69, 9.17) is 0 Å². The molecule has 0 aromatic heterocycles. The fourth-order valence-corrected chi connectivity index (χ4v) is 2.19. The Hall–Kier alpha value is -2.35. The Bertz CT molecular complexity index is 627. The molecule has 18 heavy (non-hydrogen) atoms. The van der Waals surface area contributed by atoms with Gasteiger partial charge < -0.3 is 4.90 Å². The van der Waals surface area contributed by atoms with Gasteiger partial charge in [-0.1, -0.05) is 55.1 Å². The van der Waals surface area contributed by atoms with Crippen molar-refractivity contribution in [1.82, 2.24) is 0 Å². The highest BCUT2D eigenvalue weighted by Gasteiger charge is 2.20. The molecule has 1 heterocycles. The Morgan fingerprint density at radius 3 is 2.39 bits per heavy atom. The van der Waals surface area contributed by atoms with Gasteiger partial charge in [-0.25, -0.2) is 4.99 Å². The summed E-state index contributed by atoms with van der Waals surface area (Å²) >= 11 is 0. The van der Waals surface area contributed by atoms with Crippen molar-refractivity contribution in [2.75, 3.05) is 11.9 Å². The second-order valence-corrected chi connectivity index (χ2v) is 4.32. The van der Waals surface area contributed by atoms with E-state index >= 15 is 0 Å². The van der Waals surface area contributed by atoms with Crippen LogP contribution in [-0.4, -0.2) is 12.8 Å². The highest BCUT2D eigenvalue weighted by atomic mass is 15.2. The summed E-state index contributed by atoms with van der Waals surface area (Å²) in [6.45, 7) is 4.01. The number of hydrogen-bond donors (Lipinski definition) is 0. The first-order valence-corrected chi connectivity index (χ1v) is 5.93. The summed E-state index contributed by atoms with van der Waals surface area (Å²) in [5, 5.41) is 0. The zero-order valence-corrected chi connectivity index (χ0v) is 10.3. The van der Waals surface area contributed by atoms with Gasteiger partial charge in [0.2, 0.25) is 0 Å². The molecule has 0 spiro atoms. The van der Waals surface area contributed by atoms with Gasteiger partial charge in [0.15, 0.2) is 0 Å².